The lowest BCUT2D eigenvalue weighted by atomic mass is 10.1. The van der Waals surface area contributed by atoms with Crippen LogP contribution in [-0.2, 0) is 4.79 Å². The third-order valence-electron chi connectivity index (χ3n) is 1.89. The first-order chi connectivity index (χ1) is 6.11. The fraction of sp³-hybridized carbons (Fsp3) is 0.889. The molecule has 0 aliphatic carbocycles. The second-order valence-corrected chi connectivity index (χ2v) is 3.27. The molecule has 1 amide bonds. The van der Waals surface area contributed by atoms with Crippen LogP contribution in [0.15, 0.2) is 0 Å². The van der Waals surface area contributed by atoms with Crippen molar-refractivity contribution < 1.29 is 15.0 Å². The molecule has 0 saturated carbocycles. The number of hydrogen-bond donors (Lipinski definition) is 3. The molecule has 0 saturated heterocycles. The van der Waals surface area contributed by atoms with Crippen LogP contribution < -0.4 is 5.32 Å². The molecule has 0 aromatic carbocycles. The first-order valence-corrected chi connectivity index (χ1v) is 4.68. The van der Waals surface area contributed by atoms with E-state index in [4.69, 9.17) is 10.2 Å². The zero-order valence-electron chi connectivity index (χ0n) is 8.29. The van der Waals surface area contributed by atoms with Gasteiger partial charge in [-0.15, -0.1) is 0 Å². The third kappa shape index (κ3) is 5.60. The Morgan fingerprint density at radius 2 is 2.15 bits per heavy atom. The van der Waals surface area contributed by atoms with Crippen LogP contribution in [0.5, 0.6) is 0 Å². The number of rotatable bonds is 6. The summed E-state index contributed by atoms with van der Waals surface area (Å²) in [6.45, 7) is 3.68. The molecule has 4 heteroatoms. The third-order valence-corrected chi connectivity index (χ3v) is 1.89. The van der Waals surface area contributed by atoms with Crippen molar-refractivity contribution in [3.8, 4) is 0 Å². The van der Waals surface area contributed by atoms with Crippen molar-refractivity contribution in [2.75, 3.05) is 13.2 Å². The lowest BCUT2D eigenvalue weighted by Crippen LogP contribution is -2.36. The van der Waals surface area contributed by atoms with Gasteiger partial charge in [0, 0.05) is 12.5 Å². The van der Waals surface area contributed by atoms with Gasteiger partial charge in [0.15, 0.2) is 0 Å². The Bertz CT molecular complexity index is 150. The summed E-state index contributed by atoms with van der Waals surface area (Å²) >= 11 is 0. The van der Waals surface area contributed by atoms with E-state index in [0.29, 0.717) is 0 Å². The normalized spacial score (nSPS) is 15.1. The largest absolute Gasteiger partial charge is 0.394 e. The van der Waals surface area contributed by atoms with Gasteiger partial charge in [-0.2, -0.15) is 0 Å². The lowest BCUT2D eigenvalue weighted by molar-refractivity contribution is -0.125. The highest BCUT2D eigenvalue weighted by Gasteiger charge is 2.12. The van der Waals surface area contributed by atoms with Crippen molar-refractivity contribution >= 4 is 5.91 Å². The first kappa shape index (κ1) is 12.4. The fourth-order valence-corrected chi connectivity index (χ4v) is 1.02. The molecule has 2 atom stereocenters. The molecule has 0 aromatic rings. The Morgan fingerprint density at radius 3 is 2.62 bits per heavy atom. The molecular formula is C9H19NO3. The minimum absolute atomic E-state index is 0.0177. The summed E-state index contributed by atoms with van der Waals surface area (Å²) in [4.78, 5) is 11.2. The molecule has 78 valence electrons. The zero-order chi connectivity index (χ0) is 10.3. The summed E-state index contributed by atoms with van der Waals surface area (Å²) in [7, 11) is 0. The second-order valence-electron chi connectivity index (χ2n) is 3.27. The number of aliphatic hydroxyl groups is 2. The molecule has 0 fully saturated rings. The van der Waals surface area contributed by atoms with E-state index < -0.39 is 6.10 Å². The Balaban J connectivity index is 3.61. The van der Waals surface area contributed by atoms with Gasteiger partial charge in [-0.05, 0) is 6.42 Å². The van der Waals surface area contributed by atoms with E-state index in [1.54, 1.807) is 0 Å². The second kappa shape index (κ2) is 6.86. The molecule has 13 heavy (non-hydrogen) atoms. The molecule has 0 aliphatic rings. The van der Waals surface area contributed by atoms with E-state index in [-0.39, 0.29) is 25.0 Å². The quantitative estimate of drug-likeness (QED) is 0.546. The smallest absolute Gasteiger partial charge is 0.222 e. The van der Waals surface area contributed by atoms with Crippen LogP contribution in [-0.4, -0.2) is 35.4 Å². The molecule has 0 bridgehead atoms. The number of nitrogens with one attached hydrogen (secondary N) is 1. The molecular weight excluding hydrogens is 170 g/mol. The molecule has 0 aliphatic heterocycles. The van der Waals surface area contributed by atoms with Gasteiger partial charge in [-0.25, -0.2) is 0 Å². The van der Waals surface area contributed by atoms with Gasteiger partial charge in [0.25, 0.3) is 0 Å². The summed E-state index contributed by atoms with van der Waals surface area (Å²) in [6, 6.07) is 0. The minimum atomic E-state index is -0.849. The van der Waals surface area contributed by atoms with Gasteiger partial charge in [0.1, 0.15) is 0 Å². The van der Waals surface area contributed by atoms with Crippen LogP contribution in [0.1, 0.15) is 26.7 Å². The van der Waals surface area contributed by atoms with Gasteiger partial charge < -0.3 is 15.5 Å². The monoisotopic (exact) mass is 189 g/mol. The number of aliphatic hydroxyl groups excluding tert-OH is 2. The highest BCUT2D eigenvalue weighted by molar-refractivity contribution is 5.78. The van der Waals surface area contributed by atoms with Crippen LogP contribution in [0.25, 0.3) is 0 Å². The average molecular weight is 189 g/mol. The van der Waals surface area contributed by atoms with E-state index in [2.05, 4.69) is 5.32 Å². The number of amides is 1. The molecule has 0 heterocycles. The van der Waals surface area contributed by atoms with Gasteiger partial charge in [-0.3, -0.25) is 4.79 Å². The van der Waals surface area contributed by atoms with Gasteiger partial charge in [-0.1, -0.05) is 20.3 Å². The Kier molecular flexibility index (Phi) is 6.54. The van der Waals surface area contributed by atoms with Crippen molar-refractivity contribution in [3.05, 3.63) is 0 Å². The van der Waals surface area contributed by atoms with Crippen LogP contribution >= 0.6 is 0 Å². The predicted octanol–water partition coefficient (Wildman–Crippen LogP) is -0.108. The molecule has 2 unspecified atom stereocenters. The molecule has 0 aromatic heterocycles. The fourth-order valence-electron chi connectivity index (χ4n) is 1.02. The average Bonchev–Trinajstić information content (AvgIpc) is 2.13. The molecule has 0 radical (unpaired) electrons. The Morgan fingerprint density at radius 1 is 1.54 bits per heavy atom. The maximum atomic E-state index is 11.2. The molecule has 0 spiro atoms. The maximum absolute atomic E-state index is 11.2. The van der Waals surface area contributed by atoms with Crippen LogP contribution in [0, 0.1) is 5.92 Å². The van der Waals surface area contributed by atoms with Gasteiger partial charge in [0.05, 0.1) is 12.7 Å². The highest BCUT2D eigenvalue weighted by Crippen LogP contribution is 2.04. The van der Waals surface area contributed by atoms with Crippen LogP contribution in [0.2, 0.25) is 0 Å². The van der Waals surface area contributed by atoms with Crippen molar-refractivity contribution in [2.24, 2.45) is 5.92 Å². The van der Waals surface area contributed by atoms with Crippen LogP contribution in [0.3, 0.4) is 0 Å². The predicted molar refractivity (Wildman–Crippen MR) is 50.2 cm³/mol. The van der Waals surface area contributed by atoms with Crippen molar-refractivity contribution in [2.45, 2.75) is 32.8 Å². The van der Waals surface area contributed by atoms with Crippen molar-refractivity contribution in [1.29, 1.82) is 0 Å². The zero-order valence-corrected chi connectivity index (χ0v) is 8.29. The summed E-state index contributed by atoms with van der Waals surface area (Å²) in [6.07, 6.45) is 0.968. The topological polar surface area (TPSA) is 69.6 Å². The summed E-state index contributed by atoms with van der Waals surface area (Å²) < 4.78 is 0. The highest BCUT2D eigenvalue weighted by atomic mass is 16.3. The molecule has 3 N–H and O–H groups in total. The van der Waals surface area contributed by atoms with E-state index in [0.717, 1.165) is 12.8 Å². The SMILES string of the molecule is CCCC(C)C(=O)NCC(O)CO. The number of hydrogen-bond acceptors (Lipinski definition) is 3. The molecule has 0 rings (SSSR count). The number of carbonyl (C=O) groups excluding carboxylic acids is 1. The van der Waals surface area contributed by atoms with Crippen molar-refractivity contribution in [3.63, 3.8) is 0 Å². The first-order valence-electron chi connectivity index (χ1n) is 4.68. The van der Waals surface area contributed by atoms with Crippen molar-refractivity contribution in [1.82, 2.24) is 5.32 Å². The maximum Gasteiger partial charge on any atom is 0.222 e. The Labute approximate surface area is 79.0 Å². The lowest BCUT2D eigenvalue weighted by Gasteiger charge is -2.12. The van der Waals surface area contributed by atoms with Gasteiger partial charge in [0.2, 0.25) is 5.91 Å². The standard InChI is InChI=1S/C9H19NO3/c1-3-4-7(2)9(13)10-5-8(12)6-11/h7-8,11-12H,3-6H2,1-2H3,(H,10,13). The van der Waals surface area contributed by atoms with E-state index in [1.807, 2.05) is 13.8 Å². The van der Waals surface area contributed by atoms with E-state index in [9.17, 15) is 4.79 Å². The Hall–Kier alpha value is -0.610. The van der Waals surface area contributed by atoms with Gasteiger partial charge >= 0.3 is 0 Å². The summed E-state index contributed by atoms with van der Waals surface area (Å²) in [5.41, 5.74) is 0. The van der Waals surface area contributed by atoms with Crippen LogP contribution in [0.4, 0.5) is 0 Å². The van der Waals surface area contributed by atoms with E-state index >= 15 is 0 Å². The molecule has 4 nitrogen and oxygen atoms in total. The number of carbonyl (C=O) groups is 1. The summed E-state index contributed by atoms with van der Waals surface area (Å²) in [5, 5.41) is 20.0. The van der Waals surface area contributed by atoms with E-state index in [1.165, 1.54) is 0 Å². The summed E-state index contributed by atoms with van der Waals surface area (Å²) in [5.74, 6) is -0.0785. The minimum Gasteiger partial charge on any atom is -0.394 e.